The molecule has 88 valence electrons. The van der Waals surface area contributed by atoms with Gasteiger partial charge in [0.15, 0.2) is 0 Å². The fourth-order valence-corrected chi connectivity index (χ4v) is 0.846. The number of amides is 1. The van der Waals surface area contributed by atoms with Crippen LogP contribution in [0.15, 0.2) is 0 Å². The fourth-order valence-electron chi connectivity index (χ4n) is 0.846. The van der Waals surface area contributed by atoms with E-state index in [1.807, 2.05) is 0 Å². The summed E-state index contributed by atoms with van der Waals surface area (Å²) >= 11 is 0. The molecule has 0 aromatic carbocycles. The van der Waals surface area contributed by atoms with Crippen LogP contribution in [0.25, 0.3) is 0 Å². The zero-order valence-corrected chi connectivity index (χ0v) is 8.82. The summed E-state index contributed by atoms with van der Waals surface area (Å²) in [6, 6.07) is 0. The number of carbonyl (C=O) groups is 2. The minimum atomic E-state index is -1.12. The summed E-state index contributed by atoms with van der Waals surface area (Å²) in [4.78, 5) is 21.0. The fraction of sp³-hybridized carbons (Fsp3) is 0.778. The number of hydrogen-bond acceptors (Lipinski definition) is 4. The Bertz CT molecular complexity index is 195. The van der Waals surface area contributed by atoms with Gasteiger partial charge >= 0.3 is 5.97 Å². The van der Waals surface area contributed by atoms with E-state index in [-0.39, 0.29) is 0 Å². The van der Waals surface area contributed by atoms with Gasteiger partial charge in [-0.1, -0.05) is 0 Å². The number of rotatable bonds is 9. The highest BCUT2D eigenvalue weighted by Crippen LogP contribution is 1.84. The standard InChI is InChI=1S/C9H17NO5/c1-14-5-6-15-4-2-3-10-8(11)7-9(12)13/h2-7H2,1H3,(H,10,11)(H,12,13). The van der Waals surface area contributed by atoms with Crippen LogP contribution in [0.3, 0.4) is 0 Å². The first kappa shape index (κ1) is 13.9. The number of methoxy groups -OCH3 is 1. The summed E-state index contributed by atoms with van der Waals surface area (Å²) in [5, 5.41) is 10.8. The third-order valence-corrected chi connectivity index (χ3v) is 1.53. The van der Waals surface area contributed by atoms with Crippen LogP contribution in [0.1, 0.15) is 12.8 Å². The zero-order chi connectivity index (χ0) is 11.5. The molecule has 0 spiro atoms. The second-order valence-corrected chi connectivity index (χ2v) is 2.88. The Kier molecular flexibility index (Phi) is 8.70. The van der Waals surface area contributed by atoms with E-state index in [9.17, 15) is 9.59 Å². The summed E-state index contributed by atoms with van der Waals surface area (Å²) < 4.78 is 9.91. The Hall–Kier alpha value is -1.14. The quantitative estimate of drug-likeness (QED) is 0.408. The van der Waals surface area contributed by atoms with Crippen molar-refractivity contribution >= 4 is 11.9 Å². The molecule has 0 saturated heterocycles. The van der Waals surface area contributed by atoms with Crippen molar-refractivity contribution in [3.05, 3.63) is 0 Å². The first-order valence-corrected chi connectivity index (χ1v) is 4.72. The summed E-state index contributed by atoms with van der Waals surface area (Å²) in [6.45, 7) is 2.03. The molecular formula is C9H17NO5. The molecule has 0 heterocycles. The van der Waals surface area contributed by atoms with Gasteiger partial charge in [0.05, 0.1) is 13.2 Å². The van der Waals surface area contributed by atoms with Crippen LogP contribution in [-0.4, -0.2) is 50.5 Å². The lowest BCUT2D eigenvalue weighted by atomic mass is 10.4. The molecule has 0 bridgehead atoms. The normalized spacial score (nSPS) is 9.93. The topological polar surface area (TPSA) is 84.9 Å². The van der Waals surface area contributed by atoms with Gasteiger partial charge in [0.2, 0.25) is 5.91 Å². The molecule has 0 unspecified atom stereocenters. The number of carbonyl (C=O) groups excluding carboxylic acids is 1. The SMILES string of the molecule is COCCOCCCNC(=O)CC(=O)O. The molecule has 6 heteroatoms. The van der Waals surface area contributed by atoms with Crippen molar-refractivity contribution in [2.45, 2.75) is 12.8 Å². The summed E-state index contributed by atoms with van der Waals surface area (Å²) in [5.41, 5.74) is 0. The van der Waals surface area contributed by atoms with Crippen molar-refractivity contribution in [3.8, 4) is 0 Å². The van der Waals surface area contributed by atoms with E-state index in [1.165, 1.54) is 0 Å². The van der Waals surface area contributed by atoms with Crippen LogP contribution in [0.5, 0.6) is 0 Å². The number of carboxylic acids is 1. The molecule has 0 radical (unpaired) electrons. The lowest BCUT2D eigenvalue weighted by Gasteiger charge is -2.04. The van der Waals surface area contributed by atoms with E-state index >= 15 is 0 Å². The Balaban J connectivity index is 3.16. The lowest BCUT2D eigenvalue weighted by molar-refractivity contribution is -0.140. The molecule has 0 saturated carbocycles. The van der Waals surface area contributed by atoms with Crippen LogP contribution >= 0.6 is 0 Å². The van der Waals surface area contributed by atoms with E-state index in [1.54, 1.807) is 7.11 Å². The third kappa shape index (κ3) is 10.8. The summed E-state index contributed by atoms with van der Waals surface area (Å²) in [7, 11) is 1.59. The molecule has 0 aromatic rings. The van der Waals surface area contributed by atoms with Gasteiger partial charge in [-0.2, -0.15) is 0 Å². The molecule has 0 fully saturated rings. The minimum absolute atomic E-state index is 0.430. The Labute approximate surface area is 88.6 Å². The molecular weight excluding hydrogens is 202 g/mol. The van der Waals surface area contributed by atoms with Gasteiger partial charge in [-0.05, 0) is 6.42 Å². The van der Waals surface area contributed by atoms with Gasteiger partial charge in [-0.25, -0.2) is 0 Å². The number of carboxylic acid groups (broad SMARTS) is 1. The monoisotopic (exact) mass is 219 g/mol. The molecule has 0 atom stereocenters. The second-order valence-electron chi connectivity index (χ2n) is 2.88. The molecule has 0 aromatic heterocycles. The molecule has 15 heavy (non-hydrogen) atoms. The van der Waals surface area contributed by atoms with Crippen molar-refractivity contribution in [1.82, 2.24) is 5.32 Å². The van der Waals surface area contributed by atoms with Gasteiger partial charge in [-0.3, -0.25) is 9.59 Å². The van der Waals surface area contributed by atoms with Crippen molar-refractivity contribution in [2.24, 2.45) is 0 Å². The number of ether oxygens (including phenoxy) is 2. The first-order chi connectivity index (χ1) is 7.16. The summed E-state index contributed by atoms with van der Waals surface area (Å²) in [6.07, 6.45) is 0.180. The van der Waals surface area contributed by atoms with Gasteiger partial charge in [0.25, 0.3) is 0 Å². The summed E-state index contributed by atoms with van der Waals surface area (Å²) in [5.74, 6) is -1.59. The molecule has 0 aliphatic rings. The third-order valence-electron chi connectivity index (χ3n) is 1.53. The maximum absolute atomic E-state index is 10.8. The van der Waals surface area contributed by atoms with E-state index in [4.69, 9.17) is 14.6 Å². The number of hydrogen-bond donors (Lipinski definition) is 2. The van der Waals surface area contributed by atoms with Crippen LogP contribution in [0.4, 0.5) is 0 Å². The molecule has 1 amide bonds. The van der Waals surface area contributed by atoms with Gasteiger partial charge in [-0.15, -0.1) is 0 Å². The maximum Gasteiger partial charge on any atom is 0.312 e. The molecule has 0 rings (SSSR count). The van der Waals surface area contributed by atoms with E-state index in [2.05, 4.69) is 5.32 Å². The molecule has 0 aliphatic carbocycles. The Morgan fingerprint density at radius 1 is 1.27 bits per heavy atom. The highest BCUT2D eigenvalue weighted by atomic mass is 16.5. The van der Waals surface area contributed by atoms with Crippen LogP contribution in [0.2, 0.25) is 0 Å². The average Bonchev–Trinajstić information content (AvgIpc) is 2.15. The predicted octanol–water partition coefficient (Wildman–Crippen LogP) is -0.370. The van der Waals surface area contributed by atoms with Gasteiger partial charge in [0.1, 0.15) is 6.42 Å². The average molecular weight is 219 g/mol. The van der Waals surface area contributed by atoms with Crippen LogP contribution in [-0.2, 0) is 19.1 Å². The van der Waals surface area contributed by atoms with Crippen LogP contribution < -0.4 is 5.32 Å². The molecule has 2 N–H and O–H groups in total. The molecule has 0 aliphatic heterocycles. The van der Waals surface area contributed by atoms with E-state index in [0.717, 1.165) is 0 Å². The molecule has 6 nitrogen and oxygen atoms in total. The van der Waals surface area contributed by atoms with Gasteiger partial charge < -0.3 is 19.9 Å². The zero-order valence-electron chi connectivity index (χ0n) is 8.82. The largest absolute Gasteiger partial charge is 0.481 e. The smallest absolute Gasteiger partial charge is 0.312 e. The predicted molar refractivity (Wildman–Crippen MR) is 52.6 cm³/mol. The van der Waals surface area contributed by atoms with Gasteiger partial charge in [0, 0.05) is 20.3 Å². The lowest BCUT2D eigenvalue weighted by Crippen LogP contribution is -2.27. The number of aliphatic carboxylic acids is 1. The van der Waals surface area contributed by atoms with E-state index < -0.39 is 18.3 Å². The highest BCUT2D eigenvalue weighted by molar-refractivity contribution is 5.93. The Morgan fingerprint density at radius 3 is 2.60 bits per heavy atom. The van der Waals surface area contributed by atoms with Crippen molar-refractivity contribution in [3.63, 3.8) is 0 Å². The maximum atomic E-state index is 10.8. The van der Waals surface area contributed by atoms with Crippen molar-refractivity contribution < 1.29 is 24.2 Å². The minimum Gasteiger partial charge on any atom is -0.481 e. The first-order valence-electron chi connectivity index (χ1n) is 4.72. The van der Waals surface area contributed by atoms with E-state index in [0.29, 0.717) is 32.8 Å². The Morgan fingerprint density at radius 2 is 2.00 bits per heavy atom. The van der Waals surface area contributed by atoms with Crippen molar-refractivity contribution in [1.29, 1.82) is 0 Å². The second kappa shape index (κ2) is 9.42. The highest BCUT2D eigenvalue weighted by Gasteiger charge is 2.05. The van der Waals surface area contributed by atoms with Crippen molar-refractivity contribution in [2.75, 3.05) is 33.5 Å². The number of nitrogens with one attached hydrogen (secondary N) is 1. The van der Waals surface area contributed by atoms with Crippen LogP contribution in [0, 0.1) is 0 Å².